The Kier molecular flexibility index (Phi) is 3.80. The number of aromatic nitrogens is 1. The molecule has 0 fully saturated rings. The molecule has 0 aliphatic rings. The SMILES string of the molecule is COc1ccc(C(C(=O)O)c2cccnc2)cc1C. The predicted octanol–water partition coefficient (Wildman–Crippen LogP) is 2.62. The van der Waals surface area contributed by atoms with Crippen molar-refractivity contribution in [1.29, 1.82) is 0 Å². The van der Waals surface area contributed by atoms with Crippen molar-refractivity contribution in [2.24, 2.45) is 0 Å². The summed E-state index contributed by atoms with van der Waals surface area (Å²) in [6.45, 7) is 1.89. The topological polar surface area (TPSA) is 59.4 Å². The Labute approximate surface area is 111 Å². The van der Waals surface area contributed by atoms with E-state index in [-0.39, 0.29) is 0 Å². The largest absolute Gasteiger partial charge is 0.496 e. The molecule has 1 aromatic carbocycles. The van der Waals surface area contributed by atoms with Gasteiger partial charge in [-0.25, -0.2) is 0 Å². The van der Waals surface area contributed by atoms with Crippen LogP contribution in [-0.2, 0) is 4.79 Å². The van der Waals surface area contributed by atoms with Gasteiger partial charge < -0.3 is 9.84 Å². The lowest BCUT2D eigenvalue weighted by Gasteiger charge is -2.14. The Hall–Kier alpha value is -2.36. The van der Waals surface area contributed by atoms with E-state index in [1.165, 1.54) is 0 Å². The molecule has 0 bridgehead atoms. The first-order chi connectivity index (χ1) is 9.13. The molecule has 0 saturated heterocycles. The highest BCUT2D eigenvalue weighted by Crippen LogP contribution is 2.28. The van der Waals surface area contributed by atoms with Gasteiger partial charge in [-0.15, -0.1) is 0 Å². The van der Waals surface area contributed by atoms with E-state index in [9.17, 15) is 9.90 Å². The highest BCUT2D eigenvalue weighted by Gasteiger charge is 2.22. The van der Waals surface area contributed by atoms with E-state index in [4.69, 9.17) is 4.74 Å². The maximum atomic E-state index is 11.5. The molecule has 2 aromatic rings. The van der Waals surface area contributed by atoms with Gasteiger partial charge in [0, 0.05) is 12.4 Å². The normalized spacial score (nSPS) is 11.9. The molecule has 0 spiro atoms. The van der Waals surface area contributed by atoms with Crippen molar-refractivity contribution in [1.82, 2.24) is 4.98 Å². The third-order valence-corrected chi connectivity index (χ3v) is 3.02. The number of hydrogen-bond donors (Lipinski definition) is 1. The summed E-state index contributed by atoms with van der Waals surface area (Å²) >= 11 is 0. The Balaban J connectivity index is 2.46. The van der Waals surface area contributed by atoms with Gasteiger partial charge in [-0.1, -0.05) is 18.2 Å². The summed E-state index contributed by atoms with van der Waals surface area (Å²) < 4.78 is 5.19. The number of carboxylic acids is 1. The van der Waals surface area contributed by atoms with Gasteiger partial charge in [0.15, 0.2) is 0 Å². The molecule has 19 heavy (non-hydrogen) atoms. The highest BCUT2D eigenvalue weighted by atomic mass is 16.5. The zero-order valence-electron chi connectivity index (χ0n) is 10.8. The van der Waals surface area contributed by atoms with E-state index in [0.29, 0.717) is 5.56 Å². The van der Waals surface area contributed by atoms with E-state index in [2.05, 4.69) is 4.98 Å². The molecule has 1 heterocycles. The Morgan fingerprint density at radius 1 is 1.32 bits per heavy atom. The van der Waals surface area contributed by atoms with Crippen molar-refractivity contribution in [3.05, 3.63) is 59.4 Å². The molecule has 98 valence electrons. The molecule has 0 saturated carbocycles. The third-order valence-electron chi connectivity index (χ3n) is 3.02. The minimum Gasteiger partial charge on any atom is -0.496 e. The molecular weight excluding hydrogens is 242 g/mol. The van der Waals surface area contributed by atoms with Crippen LogP contribution in [0.1, 0.15) is 22.6 Å². The van der Waals surface area contributed by atoms with E-state index < -0.39 is 11.9 Å². The first kappa shape index (κ1) is 13.1. The quantitative estimate of drug-likeness (QED) is 0.914. The molecule has 1 unspecified atom stereocenters. The van der Waals surface area contributed by atoms with Gasteiger partial charge in [-0.2, -0.15) is 0 Å². The van der Waals surface area contributed by atoms with Crippen LogP contribution in [0, 0.1) is 6.92 Å². The number of methoxy groups -OCH3 is 1. The van der Waals surface area contributed by atoms with Crippen LogP contribution in [0.15, 0.2) is 42.7 Å². The number of rotatable bonds is 4. The zero-order chi connectivity index (χ0) is 13.8. The average molecular weight is 257 g/mol. The van der Waals surface area contributed by atoms with Crippen LogP contribution < -0.4 is 4.74 Å². The van der Waals surface area contributed by atoms with E-state index in [1.807, 2.05) is 13.0 Å². The molecule has 0 radical (unpaired) electrons. The van der Waals surface area contributed by atoms with Crippen LogP contribution in [0.4, 0.5) is 0 Å². The van der Waals surface area contributed by atoms with Crippen molar-refractivity contribution < 1.29 is 14.6 Å². The first-order valence-corrected chi connectivity index (χ1v) is 5.90. The summed E-state index contributed by atoms with van der Waals surface area (Å²) in [4.78, 5) is 15.5. The third kappa shape index (κ3) is 2.73. The van der Waals surface area contributed by atoms with Crippen molar-refractivity contribution in [2.75, 3.05) is 7.11 Å². The Morgan fingerprint density at radius 3 is 2.63 bits per heavy atom. The smallest absolute Gasteiger partial charge is 0.315 e. The van der Waals surface area contributed by atoms with Gasteiger partial charge in [-0.05, 0) is 35.7 Å². The van der Waals surface area contributed by atoms with Crippen LogP contribution in [0.2, 0.25) is 0 Å². The molecule has 4 heteroatoms. The summed E-state index contributed by atoms with van der Waals surface area (Å²) in [6.07, 6.45) is 3.21. The number of carboxylic acid groups (broad SMARTS) is 1. The summed E-state index contributed by atoms with van der Waals surface area (Å²) in [5.74, 6) is -0.852. The summed E-state index contributed by atoms with van der Waals surface area (Å²) in [5, 5.41) is 9.44. The minimum atomic E-state index is -0.891. The zero-order valence-corrected chi connectivity index (χ0v) is 10.8. The second-order valence-electron chi connectivity index (χ2n) is 4.29. The van der Waals surface area contributed by atoms with Crippen LogP contribution in [-0.4, -0.2) is 23.2 Å². The summed E-state index contributed by atoms with van der Waals surface area (Å²) in [7, 11) is 1.60. The van der Waals surface area contributed by atoms with Gasteiger partial charge in [0.05, 0.1) is 7.11 Å². The molecular formula is C15H15NO3. The van der Waals surface area contributed by atoms with Crippen LogP contribution in [0.3, 0.4) is 0 Å². The average Bonchev–Trinajstić information content (AvgIpc) is 2.40. The standard InChI is InChI=1S/C15H15NO3/c1-10-8-11(5-6-13(10)19-2)14(15(17)18)12-4-3-7-16-9-12/h3-9,14H,1-2H3,(H,17,18). The molecule has 4 nitrogen and oxygen atoms in total. The lowest BCUT2D eigenvalue weighted by molar-refractivity contribution is -0.137. The van der Waals surface area contributed by atoms with Crippen molar-refractivity contribution >= 4 is 5.97 Å². The highest BCUT2D eigenvalue weighted by molar-refractivity contribution is 5.80. The fourth-order valence-electron chi connectivity index (χ4n) is 2.11. The molecule has 0 amide bonds. The summed E-state index contributed by atoms with van der Waals surface area (Å²) in [6, 6.07) is 8.91. The molecule has 1 aromatic heterocycles. The molecule has 0 aliphatic carbocycles. The number of aliphatic carboxylic acids is 1. The second kappa shape index (κ2) is 5.52. The van der Waals surface area contributed by atoms with Crippen molar-refractivity contribution in [3.63, 3.8) is 0 Å². The van der Waals surface area contributed by atoms with Crippen LogP contribution >= 0.6 is 0 Å². The van der Waals surface area contributed by atoms with Gasteiger partial charge in [0.25, 0.3) is 0 Å². The number of pyridine rings is 1. The summed E-state index contributed by atoms with van der Waals surface area (Å²) in [5.41, 5.74) is 2.30. The van der Waals surface area contributed by atoms with Crippen LogP contribution in [0.5, 0.6) is 5.75 Å². The van der Waals surface area contributed by atoms with Gasteiger partial charge in [-0.3, -0.25) is 9.78 Å². The monoisotopic (exact) mass is 257 g/mol. The molecule has 1 N–H and O–H groups in total. The van der Waals surface area contributed by atoms with Crippen molar-refractivity contribution in [2.45, 2.75) is 12.8 Å². The van der Waals surface area contributed by atoms with Crippen molar-refractivity contribution in [3.8, 4) is 5.75 Å². The van der Waals surface area contributed by atoms with E-state index >= 15 is 0 Å². The second-order valence-corrected chi connectivity index (χ2v) is 4.29. The predicted molar refractivity (Wildman–Crippen MR) is 71.4 cm³/mol. The van der Waals surface area contributed by atoms with E-state index in [0.717, 1.165) is 16.9 Å². The minimum absolute atomic E-state index is 0.666. The van der Waals surface area contributed by atoms with Crippen LogP contribution in [0.25, 0.3) is 0 Å². The van der Waals surface area contributed by atoms with Gasteiger partial charge >= 0.3 is 5.97 Å². The fourth-order valence-corrected chi connectivity index (χ4v) is 2.11. The number of aryl methyl sites for hydroxylation is 1. The number of nitrogens with zero attached hydrogens (tertiary/aromatic N) is 1. The Bertz CT molecular complexity index is 581. The van der Waals surface area contributed by atoms with Gasteiger partial charge in [0.2, 0.25) is 0 Å². The molecule has 0 aliphatic heterocycles. The van der Waals surface area contributed by atoms with Gasteiger partial charge in [0.1, 0.15) is 11.7 Å². The maximum Gasteiger partial charge on any atom is 0.315 e. The number of benzene rings is 1. The Morgan fingerprint density at radius 2 is 2.11 bits per heavy atom. The maximum absolute atomic E-state index is 11.5. The number of carbonyl (C=O) groups is 1. The lowest BCUT2D eigenvalue weighted by Crippen LogP contribution is -2.13. The number of ether oxygens (including phenoxy) is 1. The molecule has 2 rings (SSSR count). The van der Waals surface area contributed by atoms with E-state index in [1.54, 1.807) is 43.8 Å². The number of hydrogen-bond acceptors (Lipinski definition) is 3. The fraction of sp³-hybridized carbons (Fsp3) is 0.200. The molecule has 1 atom stereocenters. The lowest BCUT2D eigenvalue weighted by atomic mass is 9.91. The first-order valence-electron chi connectivity index (χ1n) is 5.90.